The van der Waals surface area contributed by atoms with Gasteiger partial charge in [0.25, 0.3) is 0 Å². The van der Waals surface area contributed by atoms with E-state index in [2.05, 4.69) is 36.2 Å². The molecule has 24 heavy (non-hydrogen) atoms. The smallest absolute Gasteiger partial charge is 0.237 e. The summed E-state index contributed by atoms with van der Waals surface area (Å²) in [5, 5.41) is 12.4. The third-order valence-electron chi connectivity index (χ3n) is 3.28. The van der Waals surface area contributed by atoms with Crippen molar-refractivity contribution >= 4 is 21.6 Å². The van der Waals surface area contributed by atoms with Gasteiger partial charge in [0.15, 0.2) is 11.5 Å². The van der Waals surface area contributed by atoms with Crippen molar-refractivity contribution in [3.8, 4) is 23.0 Å². The van der Waals surface area contributed by atoms with Crippen molar-refractivity contribution in [2.24, 2.45) is 0 Å². The summed E-state index contributed by atoms with van der Waals surface area (Å²) in [5.41, 5.74) is 0.814. The highest BCUT2D eigenvalue weighted by molar-refractivity contribution is 9.10. The highest BCUT2D eigenvalue weighted by Gasteiger charge is 2.14. The number of rotatable bonds is 3. The first-order valence-corrected chi connectivity index (χ1v) is 7.77. The Hall–Kier alpha value is -2.87. The molecule has 0 radical (unpaired) electrons. The summed E-state index contributed by atoms with van der Waals surface area (Å²) >= 11 is 3.26. The number of nitrogens with zero attached hydrogens (tertiary/aromatic N) is 5. The third kappa shape index (κ3) is 2.71. The van der Waals surface area contributed by atoms with Crippen LogP contribution in [-0.4, -0.2) is 24.8 Å². The molecule has 8 heteroatoms. The fourth-order valence-corrected chi connectivity index (χ4v) is 2.41. The van der Waals surface area contributed by atoms with E-state index >= 15 is 0 Å². The standard InChI is InChI=1S/C16H9BrFN5O/c17-13-6-5-10(9-19-13)24-15-8-7-14-20-21-16(23(14)22-15)11-3-1-2-4-12(11)18/h1-9H. The van der Waals surface area contributed by atoms with Gasteiger partial charge in [0.2, 0.25) is 5.88 Å². The molecular weight excluding hydrogens is 377 g/mol. The number of halogens is 2. The number of benzene rings is 1. The van der Waals surface area contributed by atoms with E-state index in [-0.39, 0.29) is 0 Å². The predicted molar refractivity (Wildman–Crippen MR) is 88.2 cm³/mol. The molecule has 3 aromatic heterocycles. The maximum absolute atomic E-state index is 14.0. The van der Waals surface area contributed by atoms with Crippen LogP contribution in [0.2, 0.25) is 0 Å². The van der Waals surface area contributed by atoms with Crippen LogP contribution in [0.4, 0.5) is 4.39 Å². The summed E-state index contributed by atoms with van der Waals surface area (Å²) in [5.74, 6) is 0.772. The molecule has 0 unspecified atom stereocenters. The summed E-state index contributed by atoms with van der Waals surface area (Å²) in [6, 6.07) is 13.2. The van der Waals surface area contributed by atoms with Gasteiger partial charge in [-0.3, -0.25) is 0 Å². The quantitative estimate of drug-likeness (QED) is 0.500. The minimum atomic E-state index is -0.392. The average molecular weight is 386 g/mol. The predicted octanol–water partition coefficient (Wildman–Crippen LogP) is 3.88. The monoisotopic (exact) mass is 385 g/mol. The van der Waals surface area contributed by atoms with Crippen molar-refractivity contribution in [1.29, 1.82) is 0 Å². The summed E-state index contributed by atoms with van der Waals surface area (Å²) in [7, 11) is 0. The molecule has 0 saturated carbocycles. The minimum Gasteiger partial charge on any atom is -0.436 e. The summed E-state index contributed by atoms with van der Waals surface area (Å²) in [6.45, 7) is 0. The van der Waals surface area contributed by atoms with Gasteiger partial charge in [-0.1, -0.05) is 12.1 Å². The topological polar surface area (TPSA) is 65.2 Å². The third-order valence-corrected chi connectivity index (χ3v) is 3.74. The highest BCUT2D eigenvalue weighted by Crippen LogP contribution is 2.24. The van der Waals surface area contributed by atoms with Crippen LogP contribution >= 0.6 is 15.9 Å². The molecule has 0 atom stereocenters. The molecule has 0 aliphatic rings. The Morgan fingerprint density at radius 1 is 1.00 bits per heavy atom. The first-order chi connectivity index (χ1) is 11.7. The van der Waals surface area contributed by atoms with Crippen LogP contribution in [0.15, 0.2) is 59.3 Å². The van der Waals surface area contributed by atoms with Gasteiger partial charge in [-0.15, -0.1) is 15.3 Å². The van der Waals surface area contributed by atoms with Crippen molar-refractivity contribution in [1.82, 2.24) is 24.8 Å². The lowest BCUT2D eigenvalue weighted by molar-refractivity contribution is 0.450. The van der Waals surface area contributed by atoms with E-state index in [9.17, 15) is 4.39 Å². The Labute approximate surface area is 144 Å². The molecule has 0 aliphatic heterocycles. The summed E-state index contributed by atoms with van der Waals surface area (Å²) in [6.07, 6.45) is 1.57. The van der Waals surface area contributed by atoms with E-state index in [4.69, 9.17) is 4.74 Å². The van der Waals surface area contributed by atoms with Crippen LogP contribution in [0.3, 0.4) is 0 Å². The van der Waals surface area contributed by atoms with E-state index in [1.165, 1.54) is 10.6 Å². The second kappa shape index (κ2) is 5.97. The van der Waals surface area contributed by atoms with Crippen molar-refractivity contribution in [3.63, 3.8) is 0 Å². The van der Waals surface area contributed by atoms with Gasteiger partial charge in [0.05, 0.1) is 11.8 Å². The Morgan fingerprint density at radius 2 is 1.88 bits per heavy atom. The second-order valence-electron chi connectivity index (χ2n) is 4.86. The van der Waals surface area contributed by atoms with Crippen molar-refractivity contribution in [3.05, 3.63) is 65.1 Å². The van der Waals surface area contributed by atoms with Crippen molar-refractivity contribution < 1.29 is 9.13 Å². The number of hydrogen-bond acceptors (Lipinski definition) is 5. The SMILES string of the molecule is Fc1ccccc1-c1nnc2ccc(Oc3ccc(Br)nc3)nn12. The van der Waals surface area contributed by atoms with E-state index in [1.807, 2.05) is 0 Å². The first-order valence-electron chi connectivity index (χ1n) is 6.97. The number of ether oxygens (including phenoxy) is 1. The number of hydrogen-bond donors (Lipinski definition) is 0. The van der Waals surface area contributed by atoms with Gasteiger partial charge in [0.1, 0.15) is 16.2 Å². The molecule has 0 fully saturated rings. The summed E-state index contributed by atoms with van der Waals surface area (Å²) in [4.78, 5) is 4.09. The lowest BCUT2D eigenvalue weighted by Crippen LogP contribution is -1.99. The Balaban J connectivity index is 1.76. The lowest BCUT2D eigenvalue weighted by Gasteiger charge is -2.05. The van der Waals surface area contributed by atoms with Gasteiger partial charge in [-0.25, -0.2) is 9.37 Å². The van der Waals surface area contributed by atoms with Gasteiger partial charge in [-0.05, 0) is 46.3 Å². The van der Waals surface area contributed by atoms with Crippen LogP contribution in [0, 0.1) is 5.82 Å². The summed E-state index contributed by atoms with van der Waals surface area (Å²) < 4.78 is 21.8. The van der Waals surface area contributed by atoms with Crippen LogP contribution < -0.4 is 4.74 Å². The number of fused-ring (bicyclic) bond motifs is 1. The molecule has 0 spiro atoms. The zero-order valence-corrected chi connectivity index (χ0v) is 13.7. The fourth-order valence-electron chi connectivity index (χ4n) is 2.18. The Morgan fingerprint density at radius 3 is 2.67 bits per heavy atom. The van der Waals surface area contributed by atoms with E-state index < -0.39 is 5.82 Å². The maximum Gasteiger partial charge on any atom is 0.237 e. The molecule has 118 valence electrons. The molecule has 1 aromatic carbocycles. The molecule has 0 saturated heterocycles. The molecular formula is C16H9BrFN5O. The Bertz CT molecular complexity index is 1020. The van der Waals surface area contributed by atoms with Crippen LogP contribution in [0.1, 0.15) is 0 Å². The van der Waals surface area contributed by atoms with Crippen LogP contribution in [0.25, 0.3) is 17.0 Å². The molecule has 6 nitrogen and oxygen atoms in total. The highest BCUT2D eigenvalue weighted by atomic mass is 79.9. The van der Waals surface area contributed by atoms with Crippen molar-refractivity contribution in [2.75, 3.05) is 0 Å². The normalized spacial score (nSPS) is 10.9. The van der Waals surface area contributed by atoms with Gasteiger partial charge in [0, 0.05) is 6.07 Å². The molecule has 3 heterocycles. The van der Waals surface area contributed by atoms with Gasteiger partial charge >= 0.3 is 0 Å². The van der Waals surface area contributed by atoms with Crippen LogP contribution in [0.5, 0.6) is 11.6 Å². The zero-order valence-electron chi connectivity index (χ0n) is 12.1. The molecule has 0 N–H and O–H groups in total. The first kappa shape index (κ1) is 14.7. The maximum atomic E-state index is 14.0. The molecule has 4 aromatic rings. The zero-order chi connectivity index (χ0) is 16.5. The molecule has 0 bridgehead atoms. The fraction of sp³-hybridized carbons (Fsp3) is 0. The van der Waals surface area contributed by atoms with E-state index in [0.29, 0.717) is 33.3 Å². The molecule has 0 aliphatic carbocycles. The van der Waals surface area contributed by atoms with E-state index in [0.717, 1.165) is 0 Å². The average Bonchev–Trinajstić information content (AvgIpc) is 3.00. The second-order valence-corrected chi connectivity index (χ2v) is 5.68. The number of pyridine rings is 1. The van der Waals surface area contributed by atoms with Gasteiger partial charge < -0.3 is 4.74 Å². The molecule has 0 amide bonds. The number of aromatic nitrogens is 5. The van der Waals surface area contributed by atoms with Gasteiger partial charge in [-0.2, -0.15) is 4.52 Å². The minimum absolute atomic E-state index is 0.308. The van der Waals surface area contributed by atoms with E-state index in [1.54, 1.807) is 48.7 Å². The van der Waals surface area contributed by atoms with Crippen molar-refractivity contribution in [2.45, 2.75) is 0 Å². The Kier molecular flexibility index (Phi) is 3.66. The van der Waals surface area contributed by atoms with Crippen LogP contribution in [-0.2, 0) is 0 Å². The lowest BCUT2D eigenvalue weighted by atomic mass is 10.2. The largest absolute Gasteiger partial charge is 0.436 e. The molecule has 4 rings (SSSR count).